The van der Waals surface area contributed by atoms with Crippen molar-refractivity contribution in [2.75, 3.05) is 130 Å². The average molecular weight is 822 g/mol. The van der Waals surface area contributed by atoms with Crippen LogP contribution in [0.4, 0.5) is 11.4 Å². The summed E-state index contributed by atoms with van der Waals surface area (Å²) in [5, 5.41) is 0. The Morgan fingerprint density at radius 3 is 1.66 bits per heavy atom. The Morgan fingerprint density at radius 2 is 1.07 bits per heavy atom. The second-order valence-electron chi connectivity index (χ2n) is 15.1. The Balaban J connectivity index is 1.26. The van der Waals surface area contributed by atoms with Crippen LogP contribution >= 0.6 is 0 Å². The molecule has 0 saturated heterocycles. The van der Waals surface area contributed by atoms with Gasteiger partial charge < -0.3 is 47.5 Å². The number of fused-ring (bicyclic) bond motifs is 2. The first-order valence-electron chi connectivity index (χ1n) is 21.2. The van der Waals surface area contributed by atoms with E-state index in [2.05, 4.69) is 128 Å². The van der Waals surface area contributed by atoms with Crippen molar-refractivity contribution in [2.24, 2.45) is 0 Å². The molecule has 0 amide bonds. The zero-order chi connectivity index (χ0) is 42.0. The third-order valence-corrected chi connectivity index (χ3v) is 10.2. The number of para-hydroxylation sites is 2. The summed E-state index contributed by atoms with van der Waals surface area (Å²) in [7, 11) is 0. The highest BCUT2D eigenvalue weighted by Gasteiger charge is 2.44. The van der Waals surface area contributed by atoms with Crippen LogP contribution in [0.2, 0.25) is 0 Å². The van der Waals surface area contributed by atoms with Gasteiger partial charge in [-0.15, -0.1) is 0 Å². The predicted molar refractivity (Wildman–Crippen MR) is 231 cm³/mol. The van der Waals surface area contributed by atoms with Gasteiger partial charge >= 0.3 is 0 Å². The van der Waals surface area contributed by atoms with Crippen molar-refractivity contribution in [3.63, 3.8) is 0 Å². The highest BCUT2D eigenvalue weighted by atomic mass is 16.6. The fourth-order valence-electron chi connectivity index (χ4n) is 7.26. The van der Waals surface area contributed by atoms with Crippen molar-refractivity contribution >= 4 is 23.6 Å². The molecule has 2 aromatic rings. The monoisotopic (exact) mass is 821 g/mol. The van der Waals surface area contributed by atoms with Gasteiger partial charge in [-0.25, -0.2) is 0 Å². The minimum absolute atomic E-state index is 0.153. The molecule has 0 radical (unpaired) electrons. The number of hydrogen-bond donors (Lipinski definition) is 0. The van der Waals surface area contributed by atoms with E-state index >= 15 is 0 Å². The SMILES string of the molecule is CCCOCCOCCOCCOCCN1/C(=C/C=C\C=C/C2=[N+](CCOCCOCCOCCOCCOC=O)c3ccccc3C2(C)C)C(C)(C)c2ccccc21. The Bertz CT molecular complexity index is 1640. The highest BCUT2D eigenvalue weighted by molar-refractivity contribution is 6.03. The van der Waals surface area contributed by atoms with E-state index in [1.807, 2.05) is 0 Å². The zero-order valence-electron chi connectivity index (χ0n) is 36.2. The van der Waals surface area contributed by atoms with E-state index in [4.69, 9.17) is 37.9 Å². The lowest BCUT2D eigenvalue weighted by atomic mass is 9.81. The Kier molecular flexibility index (Phi) is 22.1. The Hall–Kier alpha value is -3.72. The van der Waals surface area contributed by atoms with Crippen LogP contribution in [0.25, 0.3) is 0 Å². The van der Waals surface area contributed by atoms with Crippen molar-refractivity contribution in [3.8, 4) is 0 Å². The summed E-state index contributed by atoms with van der Waals surface area (Å²) in [5.41, 5.74) is 7.22. The van der Waals surface area contributed by atoms with Crippen molar-refractivity contribution in [2.45, 2.75) is 51.9 Å². The van der Waals surface area contributed by atoms with E-state index < -0.39 is 0 Å². The summed E-state index contributed by atoms with van der Waals surface area (Å²) in [4.78, 5) is 12.5. The van der Waals surface area contributed by atoms with E-state index in [1.165, 1.54) is 33.9 Å². The Morgan fingerprint density at radius 1 is 0.559 bits per heavy atom. The standard InChI is InChI=1S/C47H69N2O10/c1-6-22-51-25-28-54-31-32-55-29-26-52-23-20-48-42-16-12-10-14-40(42)46(2,3)44(48)18-8-7-9-19-45-47(4,5)41-15-11-13-17-43(41)49(45)21-24-53-27-30-56-33-34-57-35-36-58-37-38-59-39-50/h7-19,39H,6,20-38H2,1-5H3/q+1. The number of rotatable bonds is 33. The molecule has 4 rings (SSSR count). The number of allylic oxidation sites excluding steroid dienone is 6. The molecule has 0 unspecified atom stereocenters. The Labute approximate surface area is 352 Å². The molecule has 0 saturated carbocycles. The molecule has 0 spiro atoms. The lowest BCUT2D eigenvalue weighted by Gasteiger charge is -2.27. The smallest absolute Gasteiger partial charge is 0.293 e. The fraction of sp³-hybridized carbons (Fsp3) is 0.574. The van der Waals surface area contributed by atoms with E-state index in [1.54, 1.807) is 0 Å². The molecule has 0 aliphatic carbocycles. The summed E-state index contributed by atoms with van der Waals surface area (Å²) in [6.07, 6.45) is 11.9. The fourth-order valence-corrected chi connectivity index (χ4v) is 7.26. The van der Waals surface area contributed by atoms with Crippen molar-refractivity contribution in [1.29, 1.82) is 0 Å². The number of anilines is 1. The first-order valence-corrected chi connectivity index (χ1v) is 21.2. The molecule has 2 aliphatic rings. The van der Waals surface area contributed by atoms with Crippen molar-refractivity contribution in [3.05, 3.63) is 95.7 Å². The molecular weight excluding hydrogens is 753 g/mol. The van der Waals surface area contributed by atoms with E-state index in [0.717, 1.165) is 26.1 Å². The van der Waals surface area contributed by atoms with Gasteiger partial charge in [-0.2, -0.15) is 4.58 Å². The second kappa shape index (κ2) is 27.2. The molecule has 2 aliphatic heterocycles. The second-order valence-corrected chi connectivity index (χ2v) is 15.1. The maximum Gasteiger partial charge on any atom is 0.293 e. The number of carbonyl (C=O) groups excluding carboxylic acids is 1. The maximum absolute atomic E-state index is 10.1. The number of ether oxygens (including phenoxy) is 9. The van der Waals surface area contributed by atoms with Gasteiger partial charge in [0.05, 0.1) is 97.9 Å². The summed E-state index contributed by atoms with van der Waals surface area (Å²) in [6.45, 7) is 21.9. The van der Waals surface area contributed by atoms with Crippen LogP contribution in [-0.4, -0.2) is 142 Å². The number of nitrogens with zero attached hydrogens (tertiary/aromatic N) is 2. The molecule has 2 heterocycles. The first-order chi connectivity index (χ1) is 28.8. The van der Waals surface area contributed by atoms with Gasteiger partial charge in [-0.1, -0.05) is 75.4 Å². The van der Waals surface area contributed by atoms with Crippen LogP contribution in [0.5, 0.6) is 0 Å². The molecule has 0 atom stereocenters. The molecule has 0 fully saturated rings. The van der Waals surface area contributed by atoms with Crippen molar-refractivity contribution < 1.29 is 52.0 Å². The van der Waals surface area contributed by atoms with Gasteiger partial charge in [0, 0.05) is 47.7 Å². The number of carbonyl (C=O) groups is 1. The third kappa shape index (κ3) is 15.4. The molecule has 326 valence electrons. The van der Waals surface area contributed by atoms with Gasteiger partial charge in [0.25, 0.3) is 6.47 Å². The van der Waals surface area contributed by atoms with E-state index in [0.29, 0.717) is 106 Å². The molecule has 59 heavy (non-hydrogen) atoms. The summed E-state index contributed by atoms with van der Waals surface area (Å²) in [5.74, 6) is 0. The van der Waals surface area contributed by atoms with Crippen LogP contribution in [0.3, 0.4) is 0 Å². The van der Waals surface area contributed by atoms with Gasteiger partial charge in [0.15, 0.2) is 12.3 Å². The number of benzene rings is 2. The molecule has 2 aromatic carbocycles. The van der Waals surface area contributed by atoms with E-state index in [-0.39, 0.29) is 17.4 Å². The summed E-state index contributed by atoms with van der Waals surface area (Å²) < 4.78 is 52.1. The van der Waals surface area contributed by atoms with Crippen molar-refractivity contribution in [1.82, 2.24) is 0 Å². The van der Waals surface area contributed by atoms with Gasteiger partial charge in [-0.05, 0) is 38.0 Å². The van der Waals surface area contributed by atoms with Crippen LogP contribution in [0.15, 0.2) is 84.6 Å². The molecule has 0 aromatic heterocycles. The normalized spacial score (nSPS) is 16.2. The predicted octanol–water partition coefficient (Wildman–Crippen LogP) is 6.57. The topological polar surface area (TPSA) is 106 Å². The molecule has 12 nitrogen and oxygen atoms in total. The third-order valence-electron chi connectivity index (χ3n) is 10.2. The van der Waals surface area contributed by atoms with Gasteiger partial charge in [0.2, 0.25) is 5.69 Å². The number of hydrogen-bond acceptors (Lipinski definition) is 11. The molecule has 0 bridgehead atoms. The van der Waals surface area contributed by atoms with Gasteiger partial charge in [0.1, 0.15) is 13.2 Å². The minimum atomic E-state index is -0.162. The lowest BCUT2D eigenvalue weighted by molar-refractivity contribution is -0.442. The first kappa shape index (κ1) is 48.0. The minimum Gasteiger partial charge on any atom is -0.465 e. The van der Waals surface area contributed by atoms with Gasteiger partial charge in [-0.3, -0.25) is 4.79 Å². The van der Waals surface area contributed by atoms with Crippen LogP contribution in [0, 0.1) is 0 Å². The zero-order valence-corrected chi connectivity index (χ0v) is 36.2. The quantitative estimate of drug-likeness (QED) is 0.0338. The molecule has 12 heteroatoms. The average Bonchev–Trinajstić information content (AvgIpc) is 3.58. The van der Waals surface area contributed by atoms with Crippen LogP contribution in [-0.2, 0) is 58.3 Å². The van der Waals surface area contributed by atoms with E-state index in [9.17, 15) is 4.79 Å². The summed E-state index contributed by atoms with van der Waals surface area (Å²) >= 11 is 0. The molecule has 0 N–H and O–H groups in total. The maximum atomic E-state index is 10.1. The molecular formula is C47H69N2O10+. The van der Waals surface area contributed by atoms with Crippen LogP contribution in [0.1, 0.15) is 52.2 Å². The highest BCUT2D eigenvalue weighted by Crippen LogP contribution is 2.47. The lowest BCUT2D eigenvalue weighted by Crippen LogP contribution is -2.29. The summed E-state index contributed by atoms with van der Waals surface area (Å²) in [6, 6.07) is 17.3. The van der Waals surface area contributed by atoms with Crippen LogP contribution < -0.4 is 4.90 Å². The largest absolute Gasteiger partial charge is 0.465 e.